The summed E-state index contributed by atoms with van der Waals surface area (Å²) in [5.41, 5.74) is 2.25. The third kappa shape index (κ3) is 6.40. The number of pyridine rings is 2. The molecule has 4 rings (SSSR count). The van der Waals surface area contributed by atoms with Crippen molar-refractivity contribution in [2.24, 2.45) is 0 Å². The van der Waals surface area contributed by atoms with Crippen molar-refractivity contribution in [3.8, 4) is 28.8 Å². The molecule has 0 aliphatic carbocycles. The smallest absolute Gasteiger partial charge is 0.332 e. The number of aromatic amines is 1. The monoisotopic (exact) mass is 550 g/mol. The summed E-state index contributed by atoms with van der Waals surface area (Å²) in [5, 5.41) is 11.4. The Morgan fingerprint density at radius 3 is 2.65 bits per heavy atom. The molecule has 2 amide bonds. The molecule has 0 saturated carbocycles. The van der Waals surface area contributed by atoms with Crippen LogP contribution in [0.15, 0.2) is 41.5 Å². The van der Waals surface area contributed by atoms with Gasteiger partial charge >= 0.3 is 5.69 Å². The van der Waals surface area contributed by atoms with Crippen molar-refractivity contribution >= 4 is 23.0 Å². The number of H-pyrrole nitrogens is 1. The lowest BCUT2D eigenvalue weighted by Crippen LogP contribution is -2.26. The standard InChI is InChI=1S/C26H30N8O6/c1-3-40-19-12-11-16(15-29-19)22-30-21(24(36)27-13-7-5-4-6-10-18(35)33-38)20-23(32-22)34(26(37)31-20)17-9-8-14-28-25(17)39-2/h8-9,11-12,14-15,38H,3-7,10,13H2,1-2H3,(H,27,36)(H,31,37)(H,33,35). The number of unbranched alkanes of at least 4 members (excludes halogenated alkanes) is 3. The van der Waals surface area contributed by atoms with Gasteiger partial charge in [-0.05, 0) is 38.0 Å². The van der Waals surface area contributed by atoms with Crippen LogP contribution in [0.2, 0.25) is 0 Å². The van der Waals surface area contributed by atoms with Gasteiger partial charge in [0.1, 0.15) is 11.2 Å². The lowest BCUT2D eigenvalue weighted by molar-refractivity contribution is -0.129. The van der Waals surface area contributed by atoms with Gasteiger partial charge in [-0.25, -0.2) is 34.8 Å². The van der Waals surface area contributed by atoms with Gasteiger partial charge in [-0.1, -0.05) is 12.8 Å². The maximum Gasteiger partial charge on any atom is 0.332 e. The van der Waals surface area contributed by atoms with Crippen LogP contribution in [-0.4, -0.2) is 66.8 Å². The summed E-state index contributed by atoms with van der Waals surface area (Å²) in [6.07, 6.45) is 6.13. The van der Waals surface area contributed by atoms with Crippen molar-refractivity contribution in [2.75, 3.05) is 20.3 Å². The Balaban J connectivity index is 1.66. The number of ether oxygens (including phenoxy) is 2. The predicted molar refractivity (Wildman–Crippen MR) is 144 cm³/mol. The van der Waals surface area contributed by atoms with Crippen LogP contribution in [0.5, 0.6) is 11.8 Å². The average Bonchev–Trinajstić information content (AvgIpc) is 3.31. The Hall–Kier alpha value is -4.85. The van der Waals surface area contributed by atoms with E-state index in [-0.39, 0.29) is 35.0 Å². The quantitative estimate of drug-likeness (QED) is 0.109. The molecule has 0 spiro atoms. The highest BCUT2D eigenvalue weighted by molar-refractivity contribution is 6.03. The molecule has 0 atom stereocenters. The minimum atomic E-state index is -0.543. The third-order valence-electron chi connectivity index (χ3n) is 5.96. The van der Waals surface area contributed by atoms with Gasteiger partial charge in [-0.15, -0.1) is 0 Å². The molecule has 4 aromatic rings. The molecule has 4 heterocycles. The molecule has 0 aliphatic rings. The number of fused-ring (bicyclic) bond motifs is 1. The highest BCUT2D eigenvalue weighted by Gasteiger charge is 2.23. The highest BCUT2D eigenvalue weighted by Crippen LogP contribution is 2.25. The lowest BCUT2D eigenvalue weighted by atomic mass is 10.1. The predicted octanol–water partition coefficient (Wildman–Crippen LogP) is 2.16. The number of hydroxylamine groups is 1. The SMILES string of the molecule is CCOc1ccc(-c2nc(C(=O)NCCCCCCC(=O)NO)c3[nH]c(=O)n(-c4cccnc4OC)c3n2)cn1. The number of amides is 2. The van der Waals surface area contributed by atoms with E-state index in [1.807, 2.05) is 6.92 Å². The number of hydrogen-bond donors (Lipinski definition) is 4. The molecule has 14 heteroatoms. The molecule has 0 aliphatic heterocycles. The summed E-state index contributed by atoms with van der Waals surface area (Å²) < 4.78 is 12.0. The second-order valence-corrected chi connectivity index (χ2v) is 8.67. The first kappa shape index (κ1) is 28.2. The first-order valence-electron chi connectivity index (χ1n) is 12.8. The maximum absolute atomic E-state index is 13.3. The van der Waals surface area contributed by atoms with Crippen LogP contribution in [0.1, 0.15) is 49.5 Å². The lowest BCUT2D eigenvalue weighted by Gasteiger charge is -2.10. The number of hydrogen-bond acceptors (Lipinski definition) is 10. The van der Waals surface area contributed by atoms with Crippen molar-refractivity contribution < 1.29 is 24.3 Å². The Morgan fingerprint density at radius 2 is 1.93 bits per heavy atom. The van der Waals surface area contributed by atoms with Gasteiger partial charge in [-0.3, -0.25) is 14.8 Å². The number of nitrogens with one attached hydrogen (secondary N) is 3. The summed E-state index contributed by atoms with van der Waals surface area (Å²) in [7, 11) is 1.44. The largest absolute Gasteiger partial charge is 0.479 e. The van der Waals surface area contributed by atoms with E-state index in [9.17, 15) is 14.4 Å². The van der Waals surface area contributed by atoms with Gasteiger partial charge < -0.3 is 19.8 Å². The molecule has 0 bridgehead atoms. The van der Waals surface area contributed by atoms with Crippen molar-refractivity contribution in [1.29, 1.82) is 0 Å². The van der Waals surface area contributed by atoms with Gasteiger partial charge in [0.2, 0.25) is 17.7 Å². The summed E-state index contributed by atoms with van der Waals surface area (Å²) in [4.78, 5) is 57.8. The topological polar surface area (TPSA) is 186 Å². The van der Waals surface area contributed by atoms with E-state index < -0.39 is 17.5 Å². The number of methoxy groups -OCH3 is 1. The fourth-order valence-corrected chi connectivity index (χ4v) is 4.06. The molecular formula is C26H30N8O6. The second kappa shape index (κ2) is 13.3. The molecule has 4 aromatic heterocycles. The van der Waals surface area contributed by atoms with Crippen molar-refractivity contribution in [3.05, 3.63) is 52.8 Å². The Morgan fingerprint density at radius 1 is 1.10 bits per heavy atom. The Bertz CT molecular complexity index is 1530. The van der Waals surface area contributed by atoms with E-state index in [1.165, 1.54) is 24.1 Å². The van der Waals surface area contributed by atoms with E-state index >= 15 is 0 Å². The third-order valence-corrected chi connectivity index (χ3v) is 5.96. The van der Waals surface area contributed by atoms with Crippen LogP contribution >= 0.6 is 0 Å². The summed E-state index contributed by atoms with van der Waals surface area (Å²) in [6.45, 7) is 2.67. The van der Waals surface area contributed by atoms with E-state index in [0.29, 0.717) is 43.1 Å². The van der Waals surface area contributed by atoms with Crippen molar-refractivity contribution in [1.82, 2.24) is 40.3 Å². The van der Waals surface area contributed by atoms with E-state index in [2.05, 4.69) is 30.2 Å². The number of carbonyl (C=O) groups excluding carboxylic acids is 2. The van der Waals surface area contributed by atoms with Crippen molar-refractivity contribution in [3.63, 3.8) is 0 Å². The molecule has 14 nitrogen and oxygen atoms in total. The molecule has 40 heavy (non-hydrogen) atoms. The number of carbonyl (C=O) groups is 2. The van der Waals surface area contributed by atoms with E-state index in [4.69, 9.17) is 14.7 Å². The minimum absolute atomic E-state index is 0.00721. The van der Waals surface area contributed by atoms with E-state index in [0.717, 1.165) is 12.8 Å². The van der Waals surface area contributed by atoms with Gasteiger partial charge in [0.25, 0.3) is 5.91 Å². The highest BCUT2D eigenvalue weighted by atomic mass is 16.5. The maximum atomic E-state index is 13.3. The summed E-state index contributed by atoms with van der Waals surface area (Å²) in [5.74, 6) is -0.0917. The number of nitrogens with zero attached hydrogens (tertiary/aromatic N) is 5. The molecule has 0 saturated heterocycles. The molecule has 210 valence electrons. The molecule has 0 fully saturated rings. The molecule has 0 unspecified atom stereocenters. The fraction of sp³-hybridized carbons (Fsp3) is 0.346. The normalized spacial score (nSPS) is 10.9. The molecule has 4 N–H and O–H groups in total. The van der Waals surface area contributed by atoms with Crippen LogP contribution in [-0.2, 0) is 4.79 Å². The fourth-order valence-electron chi connectivity index (χ4n) is 4.06. The van der Waals surface area contributed by atoms with Crippen LogP contribution in [0.25, 0.3) is 28.2 Å². The van der Waals surface area contributed by atoms with Gasteiger partial charge in [0, 0.05) is 37.0 Å². The molecule has 0 aromatic carbocycles. The zero-order valence-corrected chi connectivity index (χ0v) is 22.1. The molecular weight excluding hydrogens is 520 g/mol. The Labute approximate surface area is 228 Å². The average molecular weight is 551 g/mol. The summed E-state index contributed by atoms with van der Waals surface area (Å²) >= 11 is 0. The Kier molecular flexibility index (Phi) is 9.35. The van der Waals surface area contributed by atoms with Crippen LogP contribution in [0, 0.1) is 0 Å². The zero-order chi connectivity index (χ0) is 28.5. The van der Waals surface area contributed by atoms with Gasteiger partial charge in [0.15, 0.2) is 17.2 Å². The minimum Gasteiger partial charge on any atom is -0.479 e. The summed E-state index contributed by atoms with van der Waals surface area (Å²) in [6, 6.07) is 6.71. The first-order valence-corrected chi connectivity index (χ1v) is 12.8. The first-order chi connectivity index (χ1) is 19.5. The second-order valence-electron chi connectivity index (χ2n) is 8.67. The van der Waals surface area contributed by atoms with Crippen LogP contribution in [0.3, 0.4) is 0 Å². The number of rotatable bonds is 13. The van der Waals surface area contributed by atoms with Crippen LogP contribution < -0.4 is 26.0 Å². The number of aromatic nitrogens is 6. The van der Waals surface area contributed by atoms with Crippen LogP contribution in [0.4, 0.5) is 0 Å². The zero-order valence-electron chi connectivity index (χ0n) is 22.1. The van der Waals surface area contributed by atoms with Crippen molar-refractivity contribution in [2.45, 2.75) is 39.0 Å². The number of imidazole rings is 1. The molecule has 0 radical (unpaired) electrons. The van der Waals surface area contributed by atoms with E-state index in [1.54, 1.807) is 29.7 Å². The van der Waals surface area contributed by atoms with Gasteiger partial charge in [0.05, 0.1) is 13.7 Å². The van der Waals surface area contributed by atoms with Gasteiger partial charge in [-0.2, -0.15) is 0 Å².